The first-order chi connectivity index (χ1) is 16.8. The Bertz CT molecular complexity index is 1430. The lowest BCUT2D eigenvalue weighted by Crippen LogP contribution is -2.39. The van der Waals surface area contributed by atoms with Gasteiger partial charge in [0.1, 0.15) is 11.6 Å². The van der Waals surface area contributed by atoms with Crippen LogP contribution in [0.15, 0.2) is 77.6 Å². The molecule has 0 saturated heterocycles. The zero-order valence-electron chi connectivity index (χ0n) is 20.5. The van der Waals surface area contributed by atoms with Gasteiger partial charge in [-0.15, -0.1) is 0 Å². The molecule has 5 nitrogen and oxygen atoms in total. The molecule has 3 aromatic carbocycles. The summed E-state index contributed by atoms with van der Waals surface area (Å²) in [6, 6.07) is 20.2. The highest BCUT2D eigenvalue weighted by molar-refractivity contribution is 5.94. The summed E-state index contributed by atoms with van der Waals surface area (Å²) in [6.07, 6.45) is 0.729. The molecular formula is C29H30FN3O2. The van der Waals surface area contributed by atoms with Gasteiger partial charge in [-0.25, -0.2) is 9.37 Å². The summed E-state index contributed by atoms with van der Waals surface area (Å²) in [5.41, 5.74) is 1.99. The van der Waals surface area contributed by atoms with Crippen LogP contribution in [0.25, 0.3) is 16.6 Å². The first-order valence-corrected chi connectivity index (χ1v) is 11.9. The fourth-order valence-corrected chi connectivity index (χ4v) is 4.27. The molecule has 6 heteroatoms. The maximum Gasteiger partial charge on any atom is 0.266 e. The molecule has 180 valence electrons. The largest absolute Gasteiger partial charge is 0.329 e. The van der Waals surface area contributed by atoms with Gasteiger partial charge in [0.2, 0.25) is 0 Å². The average Bonchev–Trinajstić information content (AvgIpc) is 2.84. The van der Waals surface area contributed by atoms with Gasteiger partial charge >= 0.3 is 0 Å². The van der Waals surface area contributed by atoms with Crippen LogP contribution in [0, 0.1) is 18.7 Å². The molecule has 1 aromatic heterocycles. The SMILES string of the molecule is Cc1ccccc1-n1c(C(C)N(CCC(C)C)C(=O)c2ccccc2F)nc2ccccc2c1=O. The number of carbonyl (C=O) groups excluding carboxylic acids is 1. The van der Waals surface area contributed by atoms with E-state index in [0.717, 1.165) is 12.0 Å². The van der Waals surface area contributed by atoms with Gasteiger partial charge in [0.05, 0.1) is 28.2 Å². The molecule has 35 heavy (non-hydrogen) atoms. The summed E-state index contributed by atoms with van der Waals surface area (Å²) in [6.45, 7) is 8.35. The van der Waals surface area contributed by atoms with E-state index in [1.807, 2.05) is 50.2 Å². The highest BCUT2D eigenvalue weighted by Crippen LogP contribution is 2.27. The summed E-state index contributed by atoms with van der Waals surface area (Å²) in [7, 11) is 0. The number of amides is 1. The second-order valence-corrected chi connectivity index (χ2v) is 9.25. The van der Waals surface area contributed by atoms with Crippen LogP contribution in [0.3, 0.4) is 0 Å². The molecule has 0 saturated carbocycles. The van der Waals surface area contributed by atoms with Gasteiger partial charge in [0.15, 0.2) is 0 Å². The normalized spacial score (nSPS) is 12.2. The van der Waals surface area contributed by atoms with Crippen molar-refractivity contribution in [1.29, 1.82) is 0 Å². The number of nitrogens with zero attached hydrogens (tertiary/aromatic N) is 3. The summed E-state index contributed by atoms with van der Waals surface area (Å²) in [4.78, 5) is 33.9. The van der Waals surface area contributed by atoms with E-state index in [-0.39, 0.29) is 11.1 Å². The van der Waals surface area contributed by atoms with Crippen molar-refractivity contribution < 1.29 is 9.18 Å². The molecule has 4 rings (SSSR count). The molecule has 0 N–H and O–H groups in total. The van der Waals surface area contributed by atoms with Crippen LogP contribution < -0.4 is 5.56 Å². The van der Waals surface area contributed by atoms with Crippen LogP contribution in [0.5, 0.6) is 0 Å². The van der Waals surface area contributed by atoms with Crippen molar-refractivity contribution in [2.45, 2.75) is 40.2 Å². The van der Waals surface area contributed by atoms with Crippen molar-refractivity contribution in [2.24, 2.45) is 5.92 Å². The van der Waals surface area contributed by atoms with Crippen molar-refractivity contribution >= 4 is 16.8 Å². The molecule has 1 unspecified atom stereocenters. The van der Waals surface area contributed by atoms with Gasteiger partial charge in [-0.2, -0.15) is 0 Å². The van der Waals surface area contributed by atoms with Gasteiger partial charge in [-0.1, -0.05) is 56.3 Å². The van der Waals surface area contributed by atoms with Crippen LogP contribution in [0.2, 0.25) is 0 Å². The summed E-state index contributed by atoms with van der Waals surface area (Å²) in [5, 5.41) is 0.501. The molecule has 1 heterocycles. The molecular weight excluding hydrogens is 441 g/mol. The Morgan fingerprint density at radius 2 is 1.63 bits per heavy atom. The van der Waals surface area contributed by atoms with E-state index >= 15 is 0 Å². The second kappa shape index (κ2) is 10.2. The fraction of sp³-hybridized carbons (Fsp3) is 0.276. The van der Waals surface area contributed by atoms with Crippen molar-refractivity contribution in [3.8, 4) is 5.69 Å². The topological polar surface area (TPSA) is 55.2 Å². The van der Waals surface area contributed by atoms with E-state index in [1.54, 1.807) is 33.7 Å². The van der Waals surface area contributed by atoms with E-state index < -0.39 is 17.8 Å². The lowest BCUT2D eigenvalue weighted by atomic mass is 10.1. The molecule has 0 spiro atoms. The van der Waals surface area contributed by atoms with E-state index in [0.29, 0.717) is 34.9 Å². The molecule has 0 aliphatic carbocycles. The molecule has 0 aliphatic rings. The molecule has 1 atom stereocenters. The van der Waals surface area contributed by atoms with Gasteiger partial charge in [-0.05, 0) is 62.1 Å². The number of carbonyl (C=O) groups is 1. The predicted octanol–water partition coefficient (Wildman–Crippen LogP) is 6.08. The van der Waals surface area contributed by atoms with Crippen molar-refractivity contribution in [3.63, 3.8) is 0 Å². The summed E-state index contributed by atoms with van der Waals surface area (Å²) < 4.78 is 16.2. The van der Waals surface area contributed by atoms with Crippen molar-refractivity contribution in [1.82, 2.24) is 14.5 Å². The Labute approximate surface area is 204 Å². The summed E-state index contributed by atoms with van der Waals surface area (Å²) >= 11 is 0. The lowest BCUT2D eigenvalue weighted by Gasteiger charge is -2.31. The number of hydrogen-bond acceptors (Lipinski definition) is 3. The molecule has 0 fully saturated rings. The van der Waals surface area contributed by atoms with E-state index in [9.17, 15) is 14.0 Å². The van der Waals surface area contributed by atoms with E-state index in [4.69, 9.17) is 4.98 Å². The minimum absolute atomic E-state index is 0.00804. The van der Waals surface area contributed by atoms with Crippen LogP contribution in [-0.4, -0.2) is 26.9 Å². The van der Waals surface area contributed by atoms with Gasteiger partial charge in [0.25, 0.3) is 11.5 Å². The third kappa shape index (κ3) is 4.87. The number of hydrogen-bond donors (Lipinski definition) is 0. The van der Waals surface area contributed by atoms with E-state index in [2.05, 4.69) is 13.8 Å². The van der Waals surface area contributed by atoms with Crippen LogP contribution >= 0.6 is 0 Å². The predicted molar refractivity (Wildman–Crippen MR) is 137 cm³/mol. The number of fused-ring (bicyclic) bond motifs is 1. The first-order valence-electron chi connectivity index (χ1n) is 11.9. The quantitative estimate of drug-likeness (QED) is 0.328. The average molecular weight is 472 g/mol. The number of benzene rings is 3. The highest BCUT2D eigenvalue weighted by Gasteiger charge is 2.29. The Hall–Kier alpha value is -3.80. The maximum atomic E-state index is 14.6. The van der Waals surface area contributed by atoms with Crippen LogP contribution in [0.4, 0.5) is 4.39 Å². The summed E-state index contributed by atoms with van der Waals surface area (Å²) in [5.74, 6) is -0.213. The second-order valence-electron chi connectivity index (χ2n) is 9.25. The van der Waals surface area contributed by atoms with Gasteiger partial charge < -0.3 is 4.90 Å². The van der Waals surface area contributed by atoms with Crippen LogP contribution in [0.1, 0.15) is 55.0 Å². The molecule has 0 aliphatic heterocycles. The molecule has 0 radical (unpaired) electrons. The Morgan fingerprint density at radius 3 is 2.34 bits per heavy atom. The Morgan fingerprint density at radius 1 is 0.971 bits per heavy atom. The standard InChI is InChI=1S/C29H30FN3O2/c1-19(2)17-18-32(28(34)22-12-6-8-14-24(22)30)21(4)27-31-25-15-9-7-13-23(25)29(35)33(27)26-16-10-5-11-20(26)3/h5-16,19,21H,17-18H2,1-4H3. The Kier molecular flexibility index (Phi) is 7.10. The minimum atomic E-state index is -0.585. The molecule has 4 aromatic rings. The minimum Gasteiger partial charge on any atom is -0.329 e. The highest BCUT2D eigenvalue weighted by atomic mass is 19.1. The number of para-hydroxylation sites is 2. The third-order valence-corrected chi connectivity index (χ3v) is 6.31. The van der Waals surface area contributed by atoms with Crippen LogP contribution in [-0.2, 0) is 0 Å². The molecule has 1 amide bonds. The first kappa shape index (κ1) is 24.3. The monoisotopic (exact) mass is 471 g/mol. The maximum absolute atomic E-state index is 14.6. The van der Waals surface area contributed by atoms with E-state index in [1.165, 1.54) is 12.1 Å². The van der Waals surface area contributed by atoms with Gasteiger partial charge in [0, 0.05) is 6.54 Å². The Balaban J connectivity index is 1.93. The number of aryl methyl sites for hydroxylation is 1. The third-order valence-electron chi connectivity index (χ3n) is 6.31. The zero-order valence-corrected chi connectivity index (χ0v) is 20.5. The lowest BCUT2D eigenvalue weighted by molar-refractivity contribution is 0.0666. The molecule has 0 bridgehead atoms. The zero-order chi connectivity index (χ0) is 25.1. The number of aromatic nitrogens is 2. The van der Waals surface area contributed by atoms with Crippen molar-refractivity contribution in [2.75, 3.05) is 6.54 Å². The fourth-order valence-electron chi connectivity index (χ4n) is 4.27. The smallest absolute Gasteiger partial charge is 0.266 e. The number of halogens is 1. The van der Waals surface area contributed by atoms with Gasteiger partial charge in [-0.3, -0.25) is 14.2 Å². The number of rotatable bonds is 7. The van der Waals surface area contributed by atoms with Crippen molar-refractivity contribution in [3.05, 3.63) is 106 Å².